The summed E-state index contributed by atoms with van der Waals surface area (Å²) in [6.07, 6.45) is 1.52. The van der Waals surface area contributed by atoms with Crippen LogP contribution in [-0.4, -0.2) is 71.0 Å². The van der Waals surface area contributed by atoms with Crippen molar-refractivity contribution >= 4 is 10.0 Å². The topological polar surface area (TPSA) is 70.7 Å². The van der Waals surface area contributed by atoms with Crippen molar-refractivity contribution in [3.8, 4) is 0 Å². The largest absolute Gasteiger partial charge is 0.374 e. The molecule has 1 aliphatic heterocycles. The van der Waals surface area contributed by atoms with Crippen LogP contribution < -0.4 is 10.0 Å². The highest BCUT2D eigenvalue weighted by Crippen LogP contribution is 2.03. The maximum Gasteiger partial charge on any atom is 0.211 e. The smallest absolute Gasteiger partial charge is 0.211 e. The van der Waals surface area contributed by atoms with E-state index in [0.29, 0.717) is 25.6 Å². The first-order valence-electron chi connectivity index (χ1n) is 7.40. The number of morpholine rings is 1. The van der Waals surface area contributed by atoms with Crippen molar-refractivity contribution in [2.45, 2.75) is 38.8 Å². The van der Waals surface area contributed by atoms with Gasteiger partial charge in [-0.05, 0) is 26.4 Å². The van der Waals surface area contributed by atoms with Gasteiger partial charge in [0.05, 0.1) is 18.5 Å². The van der Waals surface area contributed by atoms with Crippen LogP contribution in [0.15, 0.2) is 0 Å². The highest BCUT2D eigenvalue weighted by molar-refractivity contribution is 7.89. The molecular formula is C13H29N3O3S. The summed E-state index contributed by atoms with van der Waals surface area (Å²) in [5.41, 5.74) is 0. The summed E-state index contributed by atoms with van der Waals surface area (Å²) < 4.78 is 31.9. The van der Waals surface area contributed by atoms with Crippen LogP contribution in [-0.2, 0) is 14.8 Å². The summed E-state index contributed by atoms with van der Waals surface area (Å²) >= 11 is 0. The van der Waals surface area contributed by atoms with E-state index < -0.39 is 10.0 Å². The Morgan fingerprint density at radius 2 is 2.10 bits per heavy atom. The van der Waals surface area contributed by atoms with Crippen LogP contribution in [0.3, 0.4) is 0 Å². The van der Waals surface area contributed by atoms with Crippen molar-refractivity contribution in [2.24, 2.45) is 0 Å². The molecule has 0 amide bonds. The van der Waals surface area contributed by atoms with Gasteiger partial charge >= 0.3 is 0 Å². The van der Waals surface area contributed by atoms with Crippen LogP contribution in [0.25, 0.3) is 0 Å². The van der Waals surface area contributed by atoms with Crippen molar-refractivity contribution in [2.75, 3.05) is 45.6 Å². The SMILES string of the molecule is CC(C)NCCCCS(=O)(=O)NCC1CN(C)CCO1. The highest BCUT2D eigenvalue weighted by atomic mass is 32.2. The zero-order chi connectivity index (χ0) is 15.0. The number of likely N-dealkylation sites (N-methyl/N-ethyl adjacent to an activating group) is 1. The Labute approximate surface area is 123 Å². The molecule has 7 heteroatoms. The van der Waals surface area contributed by atoms with Gasteiger partial charge in [-0.2, -0.15) is 0 Å². The second-order valence-electron chi connectivity index (χ2n) is 5.74. The number of rotatable bonds is 9. The Bertz CT molecular complexity index is 360. The van der Waals surface area contributed by atoms with Gasteiger partial charge in [0, 0.05) is 25.7 Å². The fourth-order valence-corrected chi connectivity index (χ4v) is 3.26. The molecule has 0 aliphatic carbocycles. The Hall–Kier alpha value is -0.210. The number of hydrogen-bond acceptors (Lipinski definition) is 5. The van der Waals surface area contributed by atoms with Crippen molar-refractivity contribution < 1.29 is 13.2 Å². The van der Waals surface area contributed by atoms with Gasteiger partial charge in [-0.3, -0.25) is 0 Å². The third-order valence-corrected chi connectivity index (χ3v) is 4.70. The molecule has 2 N–H and O–H groups in total. The zero-order valence-corrected chi connectivity index (χ0v) is 13.7. The van der Waals surface area contributed by atoms with E-state index in [1.54, 1.807) is 0 Å². The van der Waals surface area contributed by atoms with Gasteiger partial charge in [-0.1, -0.05) is 13.8 Å². The van der Waals surface area contributed by atoms with Crippen LogP contribution in [0, 0.1) is 0 Å². The number of nitrogens with zero attached hydrogens (tertiary/aromatic N) is 1. The first-order chi connectivity index (χ1) is 9.39. The lowest BCUT2D eigenvalue weighted by molar-refractivity contribution is -0.0156. The van der Waals surface area contributed by atoms with E-state index in [-0.39, 0.29) is 11.9 Å². The summed E-state index contributed by atoms with van der Waals surface area (Å²) in [5, 5.41) is 3.28. The van der Waals surface area contributed by atoms with E-state index >= 15 is 0 Å². The Morgan fingerprint density at radius 3 is 2.75 bits per heavy atom. The normalized spacial score (nSPS) is 21.5. The van der Waals surface area contributed by atoms with E-state index in [9.17, 15) is 8.42 Å². The van der Waals surface area contributed by atoms with E-state index in [2.05, 4.69) is 28.8 Å². The van der Waals surface area contributed by atoms with Crippen molar-refractivity contribution in [3.63, 3.8) is 0 Å². The Balaban J connectivity index is 2.14. The van der Waals surface area contributed by atoms with Crippen LogP contribution in [0.2, 0.25) is 0 Å². The van der Waals surface area contributed by atoms with Gasteiger partial charge in [0.15, 0.2) is 0 Å². The minimum Gasteiger partial charge on any atom is -0.374 e. The number of sulfonamides is 1. The van der Waals surface area contributed by atoms with E-state index in [0.717, 1.165) is 26.1 Å². The summed E-state index contributed by atoms with van der Waals surface area (Å²) in [6.45, 7) is 7.76. The molecule has 20 heavy (non-hydrogen) atoms. The molecule has 0 aromatic rings. The third-order valence-electron chi connectivity index (χ3n) is 3.27. The van der Waals surface area contributed by atoms with Gasteiger partial charge in [0.25, 0.3) is 0 Å². The molecule has 1 aliphatic rings. The van der Waals surface area contributed by atoms with Crippen molar-refractivity contribution in [1.29, 1.82) is 0 Å². The number of nitrogens with one attached hydrogen (secondary N) is 2. The molecule has 1 heterocycles. The molecule has 1 rings (SSSR count). The van der Waals surface area contributed by atoms with E-state index in [1.807, 2.05) is 7.05 Å². The predicted molar refractivity (Wildman–Crippen MR) is 81.4 cm³/mol. The minimum absolute atomic E-state index is 0.0360. The summed E-state index contributed by atoms with van der Waals surface area (Å²) in [7, 11) is -1.16. The Kier molecular flexibility index (Phi) is 7.98. The molecule has 0 bridgehead atoms. The van der Waals surface area contributed by atoms with Crippen LogP contribution in [0.1, 0.15) is 26.7 Å². The lowest BCUT2D eigenvalue weighted by Crippen LogP contribution is -2.46. The second kappa shape index (κ2) is 8.94. The van der Waals surface area contributed by atoms with Crippen LogP contribution in [0.4, 0.5) is 0 Å². The molecule has 120 valence electrons. The van der Waals surface area contributed by atoms with Crippen LogP contribution in [0.5, 0.6) is 0 Å². The minimum atomic E-state index is -3.18. The second-order valence-corrected chi connectivity index (χ2v) is 7.66. The van der Waals surface area contributed by atoms with Gasteiger partial charge in [0.1, 0.15) is 0 Å². The zero-order valence-electron chi connectivity index (χ0n) is 12.9. The van der Waals surface area contributed by atoms with E-state index in [4.69, 9.17) is 4.74 Å². The fourth-order valence-electron chi connectivity index (χ4n) is 2.09. The molecule has 0 aromatic heterocycles. The molecule has 1 fully saturated rings. The molecule has 1 saturated heterocycles. The first kappa shape index (κ1) is 17.8. The molecule has 0 radical (unpaired) electrons. The first-order valence-corrected chi connectivity index (χ1v) is 9.05. The lowest BCUT2D eigenvalue weighted by atomic mass is 10.3. The van der Waals surface area contributed by atoms with Gasteiger partial charge in [0.2, 0.25) is 10.0 Å². The average molecular weight is 307 g/mol. The third kappa shape index (κ3) is 8.16. The molecule has 0 aromatic carbocycles. The summed E-state index contributed by atoms with van der Waals surface area (Å²) in [6, 6.07) is 0.449. The molecule has 6 nitrogen and oxygen atoms in total. The van der Waals surface area contributed by atoms with Crippen molar-refractivity contribution in [1.82, 2.24) is 14.9 Å². The van der Waals surface area contributed by atoms with Crippen molar-refractivity contribution in [3.05, 3.63) is 0 Å². The number of unbranched alkanes of at least 4 members (excludes halogenated alkanes) is 1. The molecular weight excluding hydrogens is 278 g/mol. The van der Waals surface area contributed by atoms with Gasteiger partial charge in [-0.15, -0.1) is 0 Å². The Morgan fingerprint density at radius 1 is 1.35 bits per heavy atom. The maximum atomic E-state index is 11.9. The van der Waals surface area contributed by atoms with E-state index in [1.165, 1.54) is 0 Å². The number of hydrogen-bond donors (Lipinski definition) is 2. The monoisotopic (exact) mass is 307 g/mol. The highest BCUT2D eigenvalue weighted by Gasteiger charge is 2.19. The van der Waals surface area contributed by atoms with Gasteiger partial charge < -0.3 is 15.0 Å². The predicted octanol–water partition coefficient (Wildman–Crippen LogP) is 0.0146. The average Bonchev–Trinajstić information content (AvgIpc) is 2.36. The standard InChI is InChI=1S/C13H29N3O3S/c1-12(2)14-6-4-5-9-20(17,18)15-10-13-11-16(3)7-8-19-13/h12-15H,4-11H2,1-3H3. The molecule has 0 spiro atoms. The quantitative estimate of drug-likeness (QED) is 0.588. The summed E-state index contributed by atoms with van der Waals surface area (Å²) in [5.74, 6) is 0.190. The summed E-state index contributed by atoms with van der Waals surface area (Å²) in [4.78, 5) is 2.15. The molecule has 1 unspecified atom stereocenters. The number of ether oxygens (including phenoxy) is 1. The maximum absolute atomic E-state index is 11.9. The van der Waals surface area contributed by atoms with Crippen LogP contribution >= 0.6 is 0 Å². The van der Waals surface area contributed by atoms with Gasteiger partial charge in [-0.25, -0.2) is 13.1 Å². The molecule has 1 atom stereocenters. The fraction of sp³-hybridized carbons (Fsp3) is 1.00. The lowest BCUT2D eigenvalue weighted by Gasteiger charge is -2.30. The molecule has 0 saturated carbocycles.